The normalized spacial score (nSPS) is 14.2. The van der Waals surface area contributed by atoms with Gasteiger partial charge in [-0.25, -0.2) is 0 Å². The molecular formula is C11H9CrO2-. The third-order valence-corrected chi connectivity index (χ3v) is 2.25. The van der Waals surface area contributed by atoms with Crippen LogP contribution in [0, 0.1) is 6.08 Å². The zero-order valence-electron chi connectivity index (χ0n) is 7.79. The number of hydrogen-bond acceptors (Lipinski definition) is 2. The first-order valence-electron chi connectivity index (χ1n) is 4.29. The standard InChI is InChI=1S/C11H9O2.Cr/c1-2-3-4-9(12)7-5-6-8-10(7)11(8)13;/h2-3H,4,6H2,1H3;/q-1;/b3-2+;. The maximum Gasteiger partial charge on any atom is 0.123 e. The molecule has 0 heterocycles. The third kappa shape index (κ3) is 1.66. The van der Waals surface area contributed by atoms with Crippen molar-refractivity contribution in [2.45, 2.75) is 19.8 Å². The molecule has 0 atom stereocenters. The largest absolute Gasteiger partial charge is 0.370 e. The number of allylic oxidation sites excluding steroid dienone is 4. The summed E-state index contributed by atoms with van der Waals surface area (Å²) >= 11 is 0. The van der Waals surface area contributed by atoms with Gasteiger partial charge in [-0.2, -0.15) is 6.08 Å². The zero-order valence-corrected chi connectivity index (χ0v) is 9.07. The Bertz CT molecular complexity index is 431. The first-order valence-corrected chi connectivity index (χ1v) is 4.29. The van der Waals surface area contributed by atoms with Crippen molar-refractivity contribution in [3.05, 3.63) is 39.6 Å². The minimum atomic E-state index is 0. The first kappa shape index (κ1) is 11.2. The van der Waals surface area contributed by atoms with Crippen LogP contribution in [-0.2, 0) is 28.6 Å². The fourth-order valence-corrected chi connectivity index (χ4v) is 1.47. The average molecular weight is 225 g/mol. The molecule has 0 unspecified atom stereocenters. The monoisotopic (exact) mass is 225 g/mol. The Kier molecular flexibility index (Phi) is 3.26. The molecular weight excluding hydrogens is 216 g/mol. The Balaban J connectivity index is 0.000000980. The van der Waals surface area contributed by atoms with Crippen molar-refractivity contribution in [3.8, 4) is 0 Å². The van der Waals surface area contributed by atoms with Gasteiger partial charge in [0.05, 0.1) is 5.78 Å². The van der Waals surface area contributed by atoms with E-state index in [1.165, 1.54) is 0 Å². The Morgan fingerprint density at radius 2 is 2.29 bits per heavy atom. The van der Waals surface area contributed by atoms with Gasteiger partial charge in [-0.05, 0) is 13.3 Å². The molecule has 2 nitrogen and oxygen atoms in total. The molecule has 0 saturated carbocycles. The average Bonchev–Trinajstić information content (AvgIpc) is 2.64. The molecule has 3 heteroatoms. The van der Waals surface area contributed by atoms with Gasteiger partial charge in [0.15, 0.2) is 0 Å². The van der Waals surface area contributed by atoms with Crippen LogP contribution in [0.2, 0.25) is 0 Å². The molecule has 0 saturated heterocycles. The second kappa shape index (κ2) is 4.08. The molecule has 1 aromatic carbocycles. The van der Waals surface area contributed by atoms with E-state index in [0.717, 1.165) is 5.56 Å². The number of carbonyl (C=O) groups excluding carboxylic acids is 1. The molecule has 0 fully saturated rings. The fourth-order valence-electron chi connectivity index (χ4n) is 1.47. The summed E-state index contributed by atoms with van der Waals surface area (Å²) in [6.07, 6.45) is 7.48. The van der Waals surface area contributed by atoms with Gasteiger partial charge in [-0.15, -0.1) is 5.57 Å². The van der Waals surface area contributed by atoms with Gasteiger partial charge in [-0.3, -0.25) is 0 Å². The molecule has 1 aliphatic carbocycles. The van der Waals surface area contributed by atoms with E-state index < -0.39 is 0 Å². The predicted molar refractivity (Wildman–Crippen MR) is 49.9 cm³/mol. The van der Waals surface area contributed by atoms with Crippen molar-refractivity contribution in [2.75, 3.05) is 0 Å². The van der Waals surface area contributed by atoms with E-state index in [1.807, 2.05) is 13.0 Å². The molecule has 0 radical (unpaired) electrons. The van der Waals surface area contributed by atoms with Crippen LogP contribution >= 0.6 is 0 Å². The SMILES string of the molecule is C/C=C/CC(=O)C1=[C-]Cc2c1c2=O.[Cr]. The van der Waals surface area contributed by atoms with E-state index in [-0.39, 0.29) is 28.6 Å². The van der Waals surface area contributed by atoms with Crippen LogP contribution in [0.5, 0.6) is 0 Å². The van der Waals surface area contributed by atoms with Gasteiger partial charge in [0, 0.05) is 17.4 Å². The molecule has 72 valence electrons. The number of rotatable bonds is 3. The van der Waals surface area contributed by atoms with Gasteiger partial charge in [-0.1, -0.05) is 29.7 Å². The molecule has 0 aliphatic heterocycles. The Morgan fingerprint density at radius 1 is 1.57 bits per heavy atom. The summed E-state index contributed by atoms with van der Waals surface area (Å²) in [7, 11) is 0. The van der Waals surface area contributed by atoms with Gasteiger partial charge < -0.3 is 9.59 Å². The van der Waals surface area contributed by atoms with Crippen LogP contribution in [-0.4, -0.2) is 5.78 Å². The topological polar surface area (TPSA) is 34.1 Å². The summed E-state index contributed by atoms with van der Waals surface area (Å²) in [6.45, 7) is 1.87. The molecule has 0 spiro atoms. The van der Waals surface area contributed by atoms with Crippen LogP contribution in [0.3, 0.4) is 0 Å². The summed E-state index contributed by atoms with van der Waals surface area (Å²) < 4.78 is 0. The van der Waals surface area contributed by atoms with E-state index in [9.17, 15) is 9.59 Å². The second-order valence-electron chi connectivity index (χ2n) is 3.11. The summed E-state index contributed by atoms with van der Waals surface area (Å²) in [5, 5.41) is 0. The van der Waals surface area contributed by atoms with Crippen LogP contribution < -0.4 is 5.43 Å². The smallest absolute Gasteiger partial charge is 0.123 e. The van der Waals surface area contributed by atoms with E-state index >= 15 is 0 Å². The van der Waals surface area contributed by atoms with Crippen molar-refractivity contribution in [2.24, 2.45) is 0 Å². The van der Waals surface area contributed by atoms with Gasteiger partial charge in [0.2, 0.25) is 0 Å². The van der Waals surface area contributed by atoms with Gasteiger partial charge in [0.25, 0.3) is 0 Å². The Labute approximate surface area is 93.1 Å². The minimum Gasteiger partial charge on any atom is -0.370 e. The summed E-state index contributed by atoms with van der Waals surface area (Å²) in [5.74, 6) is 0.00829. The zero-order chi connectivity index (χ0) is 9.42. The van der Waals surface area contributed by atoms with E-state index in [0.29, 0.717) is 24.0 Å². The van der Waals surface area contributed by atoms with Crippen molar-refractivity contribution in [1.29, 1.82) is 0 Å². The summed E-state index contributed by atoms with van der Waals surface area (Å²) in [6, 6.07) is 0. The Morgan fingerprint density at radius 3 is 2.79 bits per heavy atom. The van der Waals surface area contributed by atoms with Crippen molar-refractivity contribution in [1.82, 2.24) is 0 Å². The van der Waals surface area contributed by atoms with Crippen LogP contribution in [0.15, 0.2) is 16.9 Å². The molecule has 2 rings (SSSR count). The maximum absolute atomic E-state index is 11.4. The van der Waals surface area contributed by atoms with E-state index in [2.05, 4.69) is 6.08 Å². The number of carbonyl (C=O) groups is 1. The van der Waals surface area contributed by atoms with Crippen molar-refractivity contribution < 1.29 is 22.2 Å². The first-order chi connectivity index (χ1) is 6.25. The predicted octanol–water partition coefficient (Wildman–Crippen LogP) is 1.20. The second-order valence-corrected chi connectivity index (χ2v) is 3.11. The quantitative estimate of drug-likeness (QED) is 0.572. The van der Waals surface area contributed by atoms with Crippen LogP contribution in [0.25, 0.3) is 5.57 Å². The maximum atomic E-state index is 11.4. The van der Waals surface area contributed by atoms with Crippen LogP contribution in [0.1, 0.15) is 24.5 Å². The molecule has 0 amide bonds. The number of Topliss-reactive ketones (excluding diaryl/α,β-unsaturated/α-hetero) is 1. The van der Waals surface area contributed by atoms with E-state index in [4.69, 9.17) is 0 Å². The Hall–Kier alpha value is -0.908. The van der Waals surface area contributed by atoms with E-state index in [1.54, 1.807) is 6.08 Å². The number of hydrogen-bond donors (Lipinski definition) is 0. The third-order valence-electron chi connectivity index (χ3n) is 2.25. The summed E-state index contributed by atoms with van der Waals surface area (Å²) in [4.78, 5) is 22.4. The molecule has 0 N–H and O–H groups in total. The minimum absolute atomic E-state index is 0. The molecule has 14 heavy (non-hydrogen) atoms. The summed E-state index contributed by atoms with van der Waals surface area (Å²) in [5.41, 5.74) is 2.04. The van der Waals surface area contributed by atoms with Crippen molar-refractivity contribution >= 4 is 11.4 Å². The number of ketones is 1. The number of fused-ring (bicyclic) bond motifs is 1. The van der Waals surface area contributed by atoms with Gasteiger partial charge in [0.1, 0.15) is 5.43 Å². The molecule has 1 aliphatic rings. The van der Waals surface area contributed by atoms with Gasteiger partial charge >= 0.3 is 0 Å². The van der Waals surface area contributed by atoms with Crippen LogP contribution in [0.4, 0.5) is 0 Å². The molecule has 0 aromatic heterocycles. The molecule has 0 bridgehead atoms. The van der Waals surface area contributed by atoms with Crippen molar-refractivity contribution in [3.63, 3.8) is 0 Å². The molecule has 1 aromatic rings. The fraction of sp³-hybridized carbons (Fsp3) is 0.273.